The van der Waals surface area contributed by atoms with E-state index in [-0.39, 0.29) is 18.1 Å². The summed E-state index contributed by atoms with van der Waals surface area (Å²) in [4.78, 5) is 10.4. The van der Waals surface area contributed by atoms with Gasteiger partial charge in [-0.05, 0) is 149 Å². The van der Waals surface area contributed by atoms with Crippen molar-refractivity contribution in [2.75, 3.05) is 11.9 Å². The number of aliphatic hydroxyl groups excluding tert-OH is 1. The van der Waals surface area contributed by atoms with Crippen molar-refractivity contribution < 1.29 is 28.8 Å². The highest BCUT2D eigenvalue weighted by Gasteiger charge is 2.26. The smallest absolute Gasteiger partial charge is 0.123 e. The van der Waals surface area contributed by atoms with Crippen LogP contribution in [0.4, 0.5) is 0 Å². The van der Waals surface area contributed by atoms with Crippen molar-refractivity contribution in [3.05, 3.63) is 35.9 Å². The predicted molar refractivity (Wildman–Crippen MR) is 208 cm³/mol. The van der Waals surface area contributed by atoms with Gasteiger partial charge < -0.3 is 28.8 Å². The number of aromatic amines is 1. The molecule has 0 aliphatic carbocycles. The van der Waals surface area contributed by atoms with E-state index < -0.39 is 0 Å². The molecule has 51 heavy (non-hydrogen) atoms. The van der Waals surface area contributed by atoms with Crippen molar-refractivity contribution in [1.82, 2.24) is 20.0 Å². The van der Waals surface area contributed by atoms with E-state index >= 15 is 0 Å². The number of aromatic nitrogens is 4. The molecule has 2 aromatic heterocycles. The van der Waals surface area contributed by atoms with Crippen molar-refractivity contribution in [2.24, 2.45) is 23.7 Å². The number of hydrogen-bond acceptors (Lipinski definition) is 8. The van der Waals surface area contributed by atoms with Gasteiger partial charge in [-0.1, -0.05) is 15.9 Å². The summed E-state index contributed by atoms with van der Waals surface area (Å²) in [5, 5.41) is 20.7. The average Bonchev–Trinajstić information content (AvgIpc) is 3.70. The molecule has 294 valence electrons. The van der Waals surface area contributed by atoms with E-state index in [4.69, 9.17) is 24.1 Å². The summed E-state index contributed by atoms with van der Waals surface area (Å²) in [5.41, 5.74) is 2.41. The van der Waals surface area contributed by atoms with Crippen LogP contribution >= 0.6 is 15.9 Å². The Bertz CT molecular complexity index is 1100. The van der Waals surface area contributed by atoms with E-state index in [0.717, 1.165) is 62.6 Å². The van der Waals surface area contributed by atoms with Crippen LogP contribution in [-0.2, 0) is 30.3 Å². The normalized spacial score (nSPS) is 34.8. The van der Waals surface area contributed by atoms with Crippen LogP contribution in [0.25, 0.3) is 0 Å². The monoisotopic (exact) mass is 782 g/mol. The Morgan fingerprint density at radius 3 is 1.45 bits per heavy atom. The first-order valence-corrected chi connectivity index (χ1v) is 20.5. The highest BCUT2D eigenvalue weighted by Crippen LogP contribution is 2.27. The molecule has 0 spiro atoms. The fourth-order valence-corrected chi connectivity index (χ4v) is 8.30. The number of ether oxygens (including phenoxy) is 4. The van der Waals surface area contributed by atoms with Gasteiger partial charge in [0.1, 0.15) is 6.29 Å². The Morgan fingerprint density at radius 2 is 1.14 bits per heavy atom. The molecule has 12 atom stereocenters. The Kier molecular flexibility index (Phi) is 22.0. The maximum atomic E-state index is 10.4. The summed E-state index contributed by atoms with van der Waals surface area (Å²) in [5.74, 6) is 2.25. The summed E-state index contributed by atoms with van der Waals surface area (Å²) in [7, 11) is 0. The average molecular weight is 784 g/mol. The zero-order chi connectivity index (χ0) is 37.9. The topological polar surface area (TPSA) is 121 Å². The van der Waals surface area contributed by atoms with Gasteiger partial charge in [0.2, 0.25) is 0 Å². The van der Waals surface area contributed by atoms with Gasteiger partial charge in [-0.25, -0.2) is 0 Å². The lowest BCUT2D eigenvalue weighted by molar-refractivity contribution is -0.119. The first kappa shape index (κ1) is 45.5. The summed E-state index contributed by atoms with van der Waals surface area (Å²) < 4.78 is 24.4. The van der Waals surface area contributed by atoms with Crippen molar-refractivity contribution in [1.29, 1.82) is 0 Å². The highest BCUT2D eigenvalue weighted by atomic mass is 79.9. The van der Waals surface area contributed by atoms with Crippen LogP contribution in [0.15, 0.2) is 24.8 Å². The van der Waals surface area contributed by atoms with Crippen LogP contribution in [0.3, 0.4) is 0 Å². The molecule has 0 bridgehead atoms. The molecule has 0 aromatic carbocycles. The second-order valence-corrected chi connectivity index (χ2v) is 16.4. The number of aldehydes is 1. The van der Waals surface area contributed by atoms with E-state index in [9.17, 15) is 4.79 Å². The molecule has 0 amide bonds. The van der Waals surface area contributed by atoms with Gasteiger partial charge in [-0.15, -0.1) is 0 Å². The molecule has 0 saturated carbocycles. The zero-order valence-electron chi connectivity index (χ0n) is 33.3. The van der Waals surface area contributed by atoms with Gasteiger partial charge in [-0.2, -0.15) is 10.2 Å². The lowest BCUT2D eigenvalue weighted by Gasteiger charge is -2.31. The third-order valence-electron chi connectivity index (χ3n) is 9.63. The molecule has 4 unspecified atom stereocenters. The number of hydrogen-bond donors (Lipinski definition) is 2. The van der Waals surface area contributed by atoms with Crippen LogP contribution < -0.4 is 0 Å². The van der Waals surface area contributed by atoms with Gasteiger partial charge in [0.15, 0.2) is 0 Å². The van der Waals surface area contributed by atoms with Crippen LogP contribution in [0.1, 0.15) is 118 Å². The Morgan fingerprint density at radius 1 is 0.706 bits per heavy atom. The number of nitrogens with zero attached hydrogens (tertiary/aromatic N) is 3. The SMILES string of the molecule is C[C@@H]1CC(C=O)C[C@H](C)O1.C[C@@H]1CC(CBr)C[C@H](C)O1.C[C@@H]1CC(CO)C[C@H](C)O1.Cc1cn[nH]c1.Cc1cnn(CC2C[C@@H](C)O[C@@H](C)C2)c1. The number of H-pyrrole nitrogens is 1. The van der Waals surface area contributed by atoms with E-state index in [2.05, 4.69) is 90.6 Å². The second-order valence-electron chi connectivity index (χ2n) is 15.8. The summed E-state index contributed by atoms with van der Waals surface area (Å²) in [6, 6.07) is 0. The third kappa shape index (κ3) is 19.9. The van der Waals surface area contributed by atoms with E-state index in [1.165, 1.54) is 24.0 Å². The molecule has 2 aromatic rings. The fourth-order valence-electron chi connectivity index (χ4n) is 7.77. The molecule has 6 heterocycles. The first-order chi connectivity index (χ1) is 24.2. The first-order valence-electron chi connectivity index (χ1n) is 19.4. The van der Waals surface area contributed by atoms with Crippen LogP contribution in [0.5, 0.6) is 0 Å². The molecule has 2 N–H and O–H groups in total. The van der Waals surface area contributed by atoms with Gasteiger partial charge in [0, 0.05) is 36.8 Å². The Hall–Kier alpha value is -1.63. The molecule has 4 fully saturated rings. The molecule has 11 heteroatoms. The number of carbonyl (C=O) groups is 1. The van der Waals surface area contributed by atoms with Crippen LogP contribution in [-0.4, -0.2) is 92.1 Å². The molecule has 10 nitrogen and oxygen atoms in total. The zero-order valence-corrected chi connectivity index (χ0v) is 34.9. The highest BCUT2D eigenvalue weighted by molar-refractivity contribution is 9.09. The summed E-state index contributed by atoms with van der Waals surface area (Å²) >= 11 is 3.51. The third-order valence-corrected chi connectivity index (χ3v) is 10.5. The molecule has 6 rings (SSSR count). The van der Waals surface area contributed by atoms with Gasteiger partial charge in [0.05, 0.1) is 61.2 Å². The Balaban J connectivity index is 0.000000227. The van der Waals surface area contributed by atoms with Gasteiger partial charge in [-0.3, -0.25) is 9.78 Å². The van der Waals surface area contributed by atoms with Crippen molar-refractivity contribution in [3.63, 3.8) is 0 Å². The largest absolute Gasteiger partial charge is 0.396 e. The fraction of sp³-hybridized carbons (Fsp3) is 0.825. The number of nitrogens with one attached hydrogen (secondary N) is 1. The molecule has 4 aliphatic rings. The van der Waals surface area contributed by atoms with Crippen LogP contribution in [0.2, 0.25) is 0 Å². The van der Waals surface area contributed by atoms with Crippen molar-refractivity contribution >= 4 is 22.2 Å². The van der Waals surface area contributed by atoms with Crippen molar-refractivity contribution in [2.45, 2.75) is 176 Å². The summed E-state index contributed by atoms with van der Waals surface area (Å²) in [6.07, 6.45) is 20.2. The quantitative estimate of drug-likeness (QED) is 0.230. The molecule has 0 radical (unpaired) electrons. The maximum Gasteiger partial charge on any atom is 0.123 e. The molecule has 4 saturated heterocycles. The van der Waals surface area contributed by atoms with E-state index in [0.29, 0.717) is 55.1 Å². The summed E-state index contributed by atoms with van der Waals surface area (Å²) in [6.45, 7) is 22.2. The minimum Gasteiger partial charge on any atom is -0.396 e. The number of halogens is 1. The number of rotatable bonds is 5. The molecular weight excluding hydrogens is 712 g/mol. The number of aliphatic hydroxyl groups is 1. The molecule has 4 aliphatic heterocycles. The lowest BCUT2D eigenvalue weighted by atomic mass is 9.93. The predicted octanol–water partition coefficient (Wildman–Crippen LogP) is 8.27. The van der Waals surface area contributed by atoms with E-state index in [1.807, 2.05) is 33.2 Å². The second kappa shape index (κ2) is 24.6. The number of carbonyl (C=O) groups excluding carboxylic acids is 1. The minimum absolute atomic E-state index is 0.235. The van der Waals surface area contributed by atoms with Gasteiger partial charge in [0.25, 0.3) is 0 Å². The maximum absolute atomic E-state index is 10.4. The van der Waals surface area contributed by atoms with E-state index in [1.54, 1.807) is 6.20 Å². The lowest BCUT2D eigenvalue weighted by Crippen LogP contribution is -2.31. The minimum atomic E-state index is 0.235. The number of alkyl halides is 1. The van der Waals surface area contributed by atoms with Crippen LogP contribution in [0, 0.1) is 37.5 Å². The van der Waals surface area contributed by atoms with Crippen molar-refractivity contribution in [3.8, 4) is 0 Å². The number of aryl methyl sites for hydroxylation is 2. The molecular formula is C40H71BrN4O6. The van der Waals surface area contributed by atoms with Gasteiger partial charge >= 0.3 is 0 Å². The Labute approximate surface area is 317 Å². The standard InChI is InChI=1S/C12H20N2O.C8H15BrO.C8H16O2.C8H14O2.C4H6N2/c1-9-6-13-14(7-9)8-12-4-10(2)15-11(3)5-12;3*1-6-3-8(5-9)4-7(2)10-6;1-4-2-5-6-3-4/h6-7,10-12H,4-5,8H2,1-3H3;6-8H,3-5H2,1-2H3;6-9H,3-5H2,1-2H3;5-8H,3-4H2,1-2H3;2-3H,1H3,(H,5,6)/t10-,11+,12?;3*6-,7+,8?;.